The van der Waals surface area contributed by atoms with Crippen LogP contribution in [0.2, 0.25) is 0 Å². The van der Waals surface area contributed by atoms with Crippen LogP contribution in [0.25, 0.3) is 0 Å². The van der Waals surface area contributed by atoms with Crippen molar-refractivity contribution >= 4 is 23.5 Å². The molecule has 0 amide bonds. The Morgan fingerprint density at radius 3 is 2.28 bits per heavy atom. The quantitative estimate of drug-likeness (QED) is 0.270. The molecule has 11 atom stereocenters. The van der Waals surface area contributed by atoms with Gasteiger partial charge in [0.15, 0.2) is 30.1 Å². The predicted octanol–water partition coefficient (Wildman–Crippen LogP) is 3.02. The van der Waals surface area contributed by atoms with Crippen molar-refractivity contribution in [2.45, 2.75) is 116 Å². The summed E-state index contributed by atoms with van der Waals surface area (Å²) in [6.07, 6.45) is -1.15. The van der Waals surface area contributed by atoms with Crippen molar-refractivity contribution in [1.82, 2.24) is 4.90 Å². The van der Waals surface area contributed by atoms with E-state index in [4.69, 9.17) is 23.7 Å². The van der Waals surface area contributed by atoms with Gasteiger partial charge in [-0.1, -0.05) is 20.4 Å². The molecule has 0 radical (unpaired) electrons. The third-order valence-electron chi connectivity index (χ3n) is 8.67. The van der Waals surface area contributed by atoms with Gasteiger partial charge in [0, 0.05) is 25.9 Å². The topological polar surface area (TPSA) is 138 Å². The minimum Gasteiger partial charge on any atom is -0.455 e. The zero-order valence-electron chi connectivity index (χ0n) is 27.5. The number of esters is 2. The lowest BCUT2D eigenvalue weighted by Crippen LogP contribution is -2.60. The summed E-state index contributed by atoms with van der Waals surface area (Å²) in [5, 5.41) is 11.1. The number of ether oxygens (including phenoxy) is 5. The fourth-order valence-corrected chi connectivity index (χ4v) is 6.18. The molecule has 2 aliphatic heterocycles. The van der Waals surface area contributed by atoms with Crippen LogP contribution in [0.4, 0.5) is 0 Å². The fourth-order valence-electron chi connectivity index (χ4n) is 6.18. The zero-order chi connectivity index (χ0) is 33.0. The van der Waals surface area contributed by atoms with Crippen LogP contribution < -0.4 is 0 Å². The molecule has 1 fully saturated rings. The third-order valence-corrected chi connectivity index (χ3v) is 8.67. The van der Waals surface area contributed by atoms with Crippen molar-refractivity contribution in [2.24, 2.45) is 17.8 Å². The molecule has 0 spiro atoms. The van der Waals surface area contributed by atoms with E-state index >= 15 is 0 Å². The smallest absolute Gasteiger partial charge is 0.316 e. The van der Waals surface area contributed by atoms with Gasteiger partial charge in [-0.15, -0.1) is 0 Å². The lowest BCUT2D eigenvalue weighted by Gasteiger charge is -2.47. The van der Waals surface area contributed by atoms with Gasteiger partial charge in [0.25, 0.3) is 0 Å². The van der Waals surface area contributed by atoms with Crippen molar-refractivity contribution in [3.8, 4) is 0 Å². The number of hydrogen-bond acceptors (Lipinski definition) is 11. The number of Topliss-reactive ketones (excluding diaryl/α,β-unsaturated/α-hetero) is 2. The Bertz CT molecular complexity index is 1080. The van der Waals surface area contributed by atoms with Crippen molar-refractivity contribution in [2.75, 3.05) is 21.2 Å². The molecule has 0 saturated carbocycles. The highest BCUT2D eigenvalue weighted by atomic mass is 16.7. The number of likely N-dealkylation sites (N-methyl/N-ethyl adjacent to an activating group) is 1. The van der Waals surface area contributed by atoms with Crippen LogP contribution in [0.3, 0.4) is 0 Å². The van der Waals surface area contributed by atoms with Gasteiger partial charge in [0.05, 0.1) is 23.9 Å². The Labute approximate surface area is 255 Å². The number of rotatable bonds is 6. The Kier molecular flexibility index (Phi) is 12.4. The van der Waals surface area contributed by atoms with Crippen LogP contribution in [0.1, 0.15) is 68.2 Å². The molecule has 2 rings (SSSR count). The van der Waals surface area contributed by atoms with E-state index in [9.17, 15) is 24.3 Å². The maximum Gasteiger partial charge on any atom is 0.316 e. The molecule has 2 heterocycles. The first-order chi connectivity index (χ1) is 19.8. The number of carbonyl (C=O) groups is 4. The molecule has 0 aromatic heterocycles. The highest BCUT2D eigenvalue weighted by molar-refractivity contribution is 6.00. The van der Waals surface area contributed by atoms with Crippen LogP contribution in [0.15, 0.2) is 24.3 Å². The van der Waals surface area contributed by atoms with Crippen LogP contribution in [0.5, 0.6) is 0 Å². The summed E-state index contributed by atoms with van der Waals surface area (Å²) in [5.74, 6) is -4.98. The van der Waals surface area contributed by atoms with E-state index in [2.05, 4.69) is 6.58 Å². The van der Waals surface area contributed by atoms with Crippen molar-refractivity contribution in [3.63, 3.8) is 0 Å². The van der Waals surface area contributed by atoms with E-state index in [0.717, 1.165) is 0 Å². The third kappa shape index (κ3) is 8.60. The molecule has 244 valence electrons. The number of hydrogen-bond donors (Lipinski definition) is 1. The van der Waals surface area contributed by atoms with Gasteiger partial charge in [-0.2, -0.15) is 0 Å². The second-order valence-corrected chi connectivity index (χ2v) is 12.8. The summed E-state index contributed by atoms with van der Waals surface area (Å²) in [5.41, 5.74) is -2.74. The first-order valence-electron chi connectivity index (χ1n) is 14.8. The Morgan fingerprint density at radius 2 is 1.77 bits per heavy atom. The summed E-state index contributed by atoms with van der Waals surface area (Å²) >= 11 is 0. The summed E-state index contributed by atoms with van der Waals surface area (Å²) in [6, 6.07) is -0.248. The van der Waals surface area contributed by atoms with Crippen LogP contribution in [0, 0.1) is 17.8 Å². The molecular formula is C32H51NO10. The number of cyclic esters (lactones) is 1. The number of ketones is 2. The number of nitrogens with zero attached hydrogens (tertiary/aromatic N) is 1. The first kappa shape index (κ1) is 36.8. The standard InChI is InChI=1S/C32H51NO10/c1-13-24-31(8,38)15-17(2)25(35)18(3)16-32(9,39-12)28(20(5)26(36)21(6)29(37)42-24)43-30-27(41-22(7)34)23(33(10)11)14-19(4)40-30/h13,15,18-21,23-24,27-28,30,38H,1,14,16H2,2-12H3/b17-15+/t18-,19-,20+,21-,23+,24-,27-,28-,30+,31+,32-/m1/s1. The Hall–Kier alpha value is -2.44. The Morgan fingerprint density at radius 1 is 1.16 bits per heavy atom. The average molecular weight is 610 g/mol. The molecule has 2 aliphatic rings. The van der Waals surface area contributed by atoms with Gasteiger partial charge in [-0.25, -0.2) is 0 Å². The average Bonchev–Trinajstić information content (AvgIpc) is 2.92. The van der Waals surface area contributed by atoms with E-state index in [1.165, 1.54) is 40.0 Å². The van der Waals surface area contributed by atoms with E-state index in [1.807, 2.05) is 25.9 Å². The number of allylic oxidation sites excluding steroid dienone is 1. The lowest BCUT2D eigenvalue weighted by atomic mass is 9.77. The van der Waals surface area contributed by atoms with Gasteiger partial charge in [0.2, 0.25) is 0 Å². The van der Waals surface area contributed by atoms with Gasteiger partial charge in [0.1, 0.15) is 11.5 Å². The van der Waals surface area contributed by atoms with Gasteiger partial charge < -0.3 is 33.7 Å². The Balaban J connectivity index is 2.69. The zero-order valence-corrected chi connectivity index (χ0v) is 27.5. The van der Waals surface area contributed by atoms with Crippen LogP contribution in [-0.2, 0) is 42.9 Å². The van der Waals surface area contributed by atoms with Crippen LogP contribution in [-0.4, -0.2) is 103 Å². The number of aliphatic hydroxyl groups is 1. The molecule has 0 bridgehead atoms. The maximum absolute atomic E-state index is 13.9. The molecule has 0 unspecified atom stereocenters. The molecule has 0 aromatic rings. The second-order valence-electron chi connectivity index (χ2n) is 12.8. The maximum atomic E-state index is 13.9. The minimum atomic E-state index is -1.75. The largest absolute Gasteiger partial charge is 0.455 e. The van der Waals surface area contributed by atoms with Crippen molar-refractivity contribution in [3.05, 3.63) is 24.3 Å². The van der Waals surface area contributed by atoms with Crippen molar-refractivity contribution in [1.29, 1.82) is 0 Å². The fraction of sp³-hybridized carbons (Fsp3) is 0.750. The molecule has 1 saturated heterocycles. The lowest BCUT2D eigenvalue weighted by molar-refractivity contribution is -0.297. The summed E-state index contributed by atoms with van der Waals surface area (Å²) in [4.78, 5) is 54.7. The molecule has 43 heavy (non-hydrogen) atoms. The van der Waals surface area contributed by atoms with Gasteiger partial charge in [-0.05, 0) is 79.3 Å². The summed E-state index contributed by atoms with van der Waals surface area (Å²) < 4.78 is 30.1. The molecule has 0 aliphatic carbocycles. The van der Waals surface area contributed by atoms with Crippen molar-refractivity contribution < 1.29 is 48.0 Å². The number of carbonyl (C=O) groups excluding carboxylic acids is 4. The minimum absolute atomic E-state index is 0.124. The molecule has 0 aromatic carbocycles. The molecule has 11 heteroatoms. The van der Waals surface area contributed by atoms with Gasteiger partial charge in [-0.3, -0.25) is 19.2 Å². The summed E-state index contributed by atoms with van der Waals surface area (Å²) in [6.45, 7) is 16.4. The first-order valence-corrected chi connectivity index (χ1v) is 14.8. The highest BCUT2D eigenvalue weighted by Crippen LogP contribution is 2.37. The number of methoxy groups -OCH3 is 1. The molecule has 1 N–H and O–H groups in total. The molecule has 11 nitrogen and oxygen atoms in total. The molecular weight excluding hydrogens is 558 g/mol. The SMILES string of the molecule is C=C[C@H]1OC(=O)[C@H](C)C(=O)[C@H](C)[C@@H](O[C@@H]2O[C@H](C)C[C@H](N(C)C)[C@H]2OC(C)=O)[C@](C)(OC)C[C@@H](C)C(=O)/C(C)=C/[C@]1(C)O. The van der Waals surface area contributed by atoms with E-state index in [0.29, 0.717) is 6.42 Å². The van der Waals surface area contributed by atoms with Crippen LogP contribution >= 0.6 is 0 Å². The highest BCUT2D eigenvalue weighted by Gasteiger charge is 2.50. The predicted molar refractivity (Wildman–Crippen MR) is 159 cm³/mol. The van der Waals surface area contributed by atoms with E-state index in [1.54, 1.807) is 27.7 Å². The second kappa shape index (κ2) is 14.6. The van der Waals surface area contributed by atoms with E-state index in [-0.39, 0.29) is 29.9 Å². The monoisotopic (exact) mass is 609 g/mol. The summed E-state index contributed by atoms with van der Waals surface area (Å²) in [7, 11) is 5.20. The van der Waals surface area contributed by atoms with Gasteiger partial charge >= 0.3 is 11.9 Å². The van der Waals surface area contributed by atoms with E-state index < -0.39 is 71.3 Å². The normalized spacial score (nSPS) is 41.6.